The van der Waals surface area contributed by atoms with Crippen molar-refractivity contribution >= 4 is 29.2 Å². The van der Waals surface area contributed by atoms with Gasteiger partial charge in [-0.25, -0.2) is 0 Å². The maximum Gasteiger partial charge on any atom is 0.260 e. The zero-order chi connectivity index (χ0) is 25.9. The van der Waals surface area contributed by atoms with Crippen LogP contribution in [-0.4, -0.2) is 97.0 Å². The van der Waals surface area contributed by atoms with Crippen LogP contribution in [0.4, 0.5) is 5.69 Å². The lowest BCUT2D eigenvalue weighted by Crippen LogP contribution is -2.44. The van der Waals surface area contributed by atoms with E-state index in [4.69, 9.17) is 4.74 Å². The first kappa shape index (κ1) is 25.7. The zero-order valence-corrected chi connectivity index (χ0v) is 21.8. The number of aliphatic hydroxyl groups excluding tert-OH is 1. The van der Waals surface area contributed by atoms with E-state index in [0.717, 1.165) is 54.4 Å². The smallest absolute Gasteiger partial charge is 0.260 e. The fourth-order valence-corrected chi connectivity index (χ4v) is 5.56. The van der Waals surface area contributed by atoms with Gasteiger partial charge in [0.15, 0.2) is 0 Å². The molecule has 37 heavy (non-hydrogen) atoms. The predicted molar refractivity (Wildman–Crippen MR) is 143 cm³/mol. The first-order valence-corrected chi connectivity index (χ1v) is 13.2. The van der Waals surface area contributed by atoms with Gasteiger partial charge in [0.05, 0.1) is 42.8 Å². The molecular weight excluding hydrogens is 470 g/mol. The minimum absolute atomic E-state index is 0.0167. The van der Waals surface area contributed by atoms with Crippen molar-refractivity contribution in [3.63, 3.8) is 0 Å². The number of amides is 2. The van der Waals surface area contributed by atoms with Crippen LogP contribution in [0.25, 0.3) is 11.6 Å². The number of β-amino-alcohol motifs (C(OH)–C–C–N with tert-alkyl or cyclic N) is 1. The van der Waals surface area contributed by atoms with E-state index in [2.05, 4.69) is 20.1 Å². The SMILES string of the molecule is Cc1[nH]c(/C=C2\C(=O)N(CN3CCCC3)c3ccccc32)c(C)c1C(=O)NCC(O)CN1CCOCC1. The maximum absolute atomic E-state index is 13.5. The van der Waals surface area contributed by atoms with Crippen LogP contribution in [0.5, 0.6) is 0 Å². The summed E-state index contributed by atoms with van der Waals surface area (Å²) in [7, 11) is 0. The number of hydrogen-bond acceptors (Lipinski definition) is 6. The van der Waals surface area contributed by atoms with Crippen LogP contribution in [0.1, 0.15) is 45.7 Å². The van der Waals surface area contributed by atoms with Crippen LogP contribution in [0.15, 0.2) is 24.3 Å². The Morgan fingerprint density at radius 1 is 1.14 bits per heavy atom. The van der Waals surface area contributed by atoms with Gasteiger partial charge in [0, 0.05) is 43.1 Å². The topological polar surface area (TPSA) is 101 Å². The Bertz CT molecular complexity index is 1180. The number of nitrogens with one attached hydrogen (secondary N) is 2. The van der Waals surface area contributed by atoms with E-state index in [9.17, 15) is 14.7 Å². The number of aliphatic hydroxyl groups is 1. The summed E-state index contributed by atoms with van der Waals surface area (Å²) in [5.74, 6) is -0.247. The molecule has 2 aromatic rings. The van der Waals surface area contributed by atoms with E-state index in [0.29, 0.717) is 37.6 Å². The van der Waals surface area contributed by atoms with E-state index < -0.39 is 6.10 Å². The van der Waals surface area contributed by atoms with Gasteiger partial charge in [-0.15, -0.1) is 0 Å². The van der Waals surface area contributed by atoms with Crippen molar-refractivity contribution in [3.05, 3.63) is 52.3 Å². The Kier molecular flexibility index (Phi) is 7.76. The molecule has 0 spiro atoms. The quantitative estimate of drug-likeness (QED) is 0.473. The number of carbonyl (C=O) groups is 2. The molecule has 9 heteroatoms. The number of hydrogen-bond donors (Lipinski definition) is 3. The molecular formula is C28H37N5O4. The van der Waals surface area contributed by atoms with Crippen molar-refractivity contribution in [2.24, 2.45) is 0 Å². The second kappa shape index (κ2) is 11.2. The molecule has 2 saturated heterocycles. The van der Waals surface area contributed by atoms with E-state index in [1.165, 1.54) is 12.8 Å². The maximum atomic E-state index is 13.5. The summed E-state index contributed by atoms with van der Waals surface area (Å²) in [4.78, 5) is 36.2. The number of ether oxygens (including phenoxy) is 1. The van der Waals surface area contributed by atoms with Crippen molar-refractivity contribution in [1.82, 2.24) is 20.1 Å². The third kappa shape index (κ3) is 5.50. The number of carbonyl (C=O) groups excluding carboxylic acids is 2. The highest BCUT2D eigenvalue weighted by Crippen LogP contribution is 2.38. The Balaban J connectivity index is 1.31. The van der Waals surface area contributed by atoms with Gasteiger partial charge in [-0.1, -0.05) is 18.2 Å². The number of aryl methyl sites for hydroxylation is 1. The van der Waals surface area contributed by atoms with Gasteiger partial charge < -0.3 is 20.1 Å². The van der Waals surface area contributed by atoms with Gasteiger partial charge in [-0.3, -0.25) is 24.3 Å². The molecule has 5 rings (SSSR count). The number of morpholine rings is 1. The highest BCUT2D eigenvalue weighted by Gasteiger charge is 2.34. The molecule has 4 heterocycles. The average Bonchev–Trinajstić information content (AvgIpc) is 3.58. The summed E-state index contributed by atoms with van der Waals surface area (Å²) in [6.45, 7) is 9.96. The Labute approximate surface area is 218 Å². The largest absolute Gasteiger partial charge is 0.390 e. The number of benzene rings is 1. The third-order valence-corrected chi connectivity index (χ3v) is 7.56. The van der Waals surface area contributed by atoms with Gasteiger partial charge in [-0.2, -0.15) is 0 Å². The van der Waals surface area contributed by atoms with Gasteiger partial charge in [0.1, 0.15) is 0 Å². The second-order valence-corrected chi connectivity index (χ2v) is 10.2. The number of likely N-dealkylation sites (tertiary alicyclic amines) is 1. The Morgan fingerprint density at radius 2 is 1.86 bits per heavy atom. The predicted octanol–water partition coefficient (Wildman–Crippen LogP) is 1.99. The fraction of sp³-hybridized carbons (Fsp3) is 0.500. The molecule has 1 unspecified atom stereocenters. The molecule has 0 radical (unpaired) electrons. The summed E-state index contributed by atoms with van der Waals surface area (Å²) >= 11 is 0. The van der Waals surface area contributed by atoms with Crippen LogP contribution in [0.3, 0.4) is 0 Å². The summed E-state index contributed by atoms with van der Waals surface area (Å²) in [6.07, 6.45) is 3.56. The van der Waals surface area contributed by atoms with Crippen LogP contribution in [0.2, 0.25) is 0 Å². The summed E-state index contributed by atoms with van der Waals surface area (Å²) in [5, 5.41) is 13.3. The lowest BCUT2D eigenvalue weighted by Gasteiger charge is -2.28. The van der Waals surface area contributed by atoms with E-state index in [1.54, 1.807) is 0 Å². The van der Waals surface area contributed by atoms with Crippen molar-refractivity contribution in [1.29, 1.82) is 0 Å². The number of rotatable bonds is 8. The Morgan fingerprint density at radius 3 is 2.62 bits per heavy atom. The number of aromatic amines is 1. The van der Waals surface area contributed by atoms with E-state index >= 15 is 0 Å². The van der Waals surface area contributed by atoms with Crippen LogP contribution >= 0.6 is 0 Å². The number of fused-ring (bicyclic) bond motifs is 1. The molecule has 0 aliphatic carbocycles. The van der Waals surface area contributed by atoms with Crippen LogP contribution in [-0.2, 0) is 9.53 Å². The van der Waals surface area contributed by atoms with E-state index in [1.807, 2.05) is 49.1 Å². The van der Waals surface area contributed by atoms with E-state index in [-0.39, 0.29) is 18.4 Å². The minimum Gasteiger partial charge on any atom is -0.390 e. The first-order chi connectivity index (χ1) is 17.9. The van der Waals surface area contributed by atoms with Crippen molar-refractivity contribution in [2.75, 3.05) is 64.1 Å². The molecule has 1 atom stereocenters. The summed E-state index contributed by atoms with van der Waals surface area (Å²) in [6, 6.07) is 7.90. The molecule has 198 valence electrons. The molecule has 0 saturated carbocycles. The molecule has 2 fully saturated rings. The van der Waals surface area contributed by atoms with Gasteiger partial charge in [-0.05, 0) is 57.5 Å². The lowest BCUT2D eigenvalue weighted by molar-refractivity contribution is -0.113. The minimum atomic E-state index is -0.655. The number of nitrogens with zero attached hydrogens (tertiary/aromatic N) is 3. The second-order valence-electron chi connectivity index (χ2n) is 10.2. The Hall–Kier alpha value is -2.98. The first-order valence-electron chi connectivity index (χ1n) is 13.2. The van der Waals surface area contributed by atoms with Crippen molar-refractivity contribution in [3.8, 4) is 0 Å². The van der Waals surface area contributed by atoms with Gasteiger partial charge in [0.2, 0.25) is 0 Å². The lowest BCUT2D eigenvalue weighted by atomic mass is 10.0. The third-order valence-electron chi connectivity index (χ3n) is 7.56. The molecule has 0 bridgehead atoms. The normalized spacial score (nSPS) is 20.6. The van der Waals surface area contributed by atoms with Crippen molar-refractivity contribution < 1.29 is 19.4 Å². The van der Waals surface area contributed by atoms with Gasteiger partial charge >= 0.3 is 0 Å². The standard InChI is InChI=1S/C28H37N5O4/c1-19-24(30-20(2)26(19)27(35)29-16-21(34)17-31-11-13-37-14-12-31)15-23-22-7-3-4-8-25(22)33(28(23)36)18-32-9-5-6-10-32/h3-4,7-8,15,21,30,34H,5-6,9-14,16-18H2,1-2H3,(H,29,35)/b23-15-. The molecule has 3 N–H and O–H groups in total. The molecule has 1 aromatic heterocycles. The highest BCUT2D eigenvalue weighted by atomic mass is 16.5. The average molecular weight is 508 g/mol. The molecule has 3 aliphatic rings. The highest BCUT2D eigenvalue weighted by molar-refractivity contribution is 6.35. The molecule has 2 amide bonds. The number of H-pyrrole nitrogens is 1. The zero-order valence-electron chi connectivity index (χ0n) is 21.8. The molecule has 9 nitrogen and oxygen atoms in total. The van der Waals surface area contributed by atoms with Crippen LogP contribution < -0.4 is 10.2 Å². The van der Waals surface area contributed by atoms with Crippen LogP contribution in [0, 0.1) is 13.8 Å². The van der Waals surface area contributed by atoms with Crippen molar-refractivity contribution in [2.45, 2.75) is 32.8 Å². The van der Waals surface area contributed by atoms with Gasteiger partial charge in [0.25, 0.3) is 11.8 Å². The number of para-hydroxylation sites is 1. The number of anilines is 1. The monoisotopic (exact) mass is 507 g/mol. The molecule has 1 aromatic carbocycles. The fourth-order valence-electron chi connectivity index (χ4n) is 5.56. The summed E-state index contributed by atoms with van der Waals surface area (Å²) in [5.41, 5.74) is 5.29. The number of aromatic nitrogens is 1. The molecule has 3 aliphatic heterocycles. The summed E-state index contributed by atoms with van der Waals surface area (Å²) < 4.78 is 5.35.